The van der Waals surface area contributed by atoms with Crippen molar-refractivity contribution < 1.29 is 10.2 Å². The van der Waals surface area contributed by atoms with Gasteiger partial charge in [0.15, 0.2) is 0 Å². The number of hydrogen-bond acceptors (Lipinski definition) is 16. The third-order valence-corrected chi connectivity index (χ3v) is 6.23. The highest BCUT2D eigenvalue weighted by Gasteiger charge is 2.09. The van der Waals surface area contributed by atoms with Gasteiger partial charge < -0.3 is 54.0 Å². The molecule has 3 aromatic carbocycles. The summed E-state index contributed by atoms with van der Waals surface area (Å²) in [6.07, 6.45) is -0.866. The number of hydrogen-bond donors (Lipinski definition) is 10. The van der Waals surface area contributed by atoms with E-state index in [4.69, 9.17) is 22.3 Å². The van der Waals surface area contributed by atoms with Gasteiger partial charge in [-0.2, -0.15) is 15.0 Å². The molecule has 0 fully saturated rings. The molecule has 5 aromatic rings. The van der Waals surface area contributed by atoms with E-state index in [-0.39, 0.29) is 6.10 Å². The molecular formula is C35H52N14O2. The molecular weight excluding hydrogens is 648 g/mol. The zero-order chi connectivity index (χ0) is 37.8. The second-order valence-electron chi connectivity index (χ2n) is 11.2. The lowest BCUT2D eigenvalue weighted by Gasteiger charge is -2.13. The summed E-state index contributed by atoms with van der Waals surface area (Å²) in [5.74, 6) is 3.50. The van der Waals surface area contributed by atoms with E-state index in [2.05, 4.69) is 56.5 Å². The number of nitrogens with zero attached hydrogens (tertiary/aromatic N) is 6. The SMILES string of the molecule is CC(O)CN.CNc1cccc(Nc2nc(NCC(C)O)nc(Nc3cccc(NC)c3)n2)c1.Cc1nc(C)nc(C)n1.Nc1cccc(N)c1. The van der Waals surface area contributed by atoms with E-state index in [0.29, 0.717) is 42.3 Å². The van der Waals surface area contributed by atoms with Gasteiger partial charge in [-0.15, -0.1) is 0 Å². The van der Waals surface area contributed by atoms with Crippen molar-refractivity contribution in [3.8, 4) is 0 Å². The van der Waals surface area contributed by atoms with Crippen molar-refractivity contribution in [2.75, 3.05) is 65.2 Å². The third-order valence-electron chi connectivity index (χ3n) is 6.23. The largest absolute Gasteiger partial charge is 0.399 e. The number of rotatable bonds is 10. The predicted octanol–water partition coefficient (Wildman–Crippen LogP) is 4.21. The van der Waals surface area contributed by atoms with Crippen LogP contribution in [0.3, 0.4) is 0 Å². The Labute approximate surface area is 299 Å². The Balaban J connectivity index is 0.000000329. The van der Waals surface area contributed by atoms with Gasteiger partial charge >= 0.3 is 0 Å². The van der Waals surface area contributed by atoms with Gasteiger partial charge in [-0.3, -0.25) is 0 Å². The van der Waals surface area contributed by atoms with Gasteiger partial charge in [-0.1, -0.05) is 18.2 Å². The van der Waals surface area contributed by atoms with Crippen LogP contribution in [0, 0.1) is 20.8 Å². The number of nitrogens with one attached hydrogen (secondary N) is 5. The van der Waals surface area contributed by atoms with Gasteiger partial charge in [0, 0.05) is 61.3 Å². The van der Waals surface area contributed by atoms with Gasteiger partial charge in [-0.25, -0.2) is 15.0 Å². The fourth-order valence-corrected chi connectivity index (χ4v) is 3.91. The van der Waals surface area contributed by atoms with Crippen LogP contribution < -0.4 is 43.8 Å². The molecule has 0 radical (unpaired) electrons. The zero-order valence-electron chi connectivity index (χ0n) is 30.3. The van der Waals surface area contributed by atoms with E-state index in [1.165, 1.54) is 0 Å². The molecule has 0 saturated carbocycles. The Hall–Kier alpha value is -5.84. The van der Waals surface area contributed by atoms with E-state index >= 15 is 0 Å². The average molecular weight is 701 g/mol. The predicted molar refractivity (Wildman–Crippen MR) is 209 cm³/mol. The minimum Gasteiger partial charge on any atom is -0.399 e. The standard InChI is InChI=1S/C20H26N8O.C6H9N3.C6H8N2.C3H9NO/c1-13(29)12-23-18-26-19(24-16-8-4-6-14(10-16)21-2)28-20(27-18)25-17-9-5-7-15(11-17)22-3;1-4-7-5(2)9-6(3)8-4;7-5-2-1-3-6(8)4-5;1-3(5)2-4/h4-11,13,21-22,29H,12H2,1-3H3,(H3,23,24,25,26,27,28);1-3H3;1-4H,7-8H2;3,5H,2,4H2,1H3. The fraction of sp³-hybridized carbons (Fsp3) is 0.314. The molecule has 0 bridgehead atoms. The zero-order valence-corrected chi connectivity index (χ0v) is 30.3. The van der Waals surface area contributed by atoms with Crippen LogP contribution in [0.4, 0.5) is 52.0 Å². The molecule has 0 amide bonds. The number of aliphatic hydroxyl groups is 2. The molecule has 16 heteroatoms. The van der Waals surface area contributed by atoms with Crippen molar-refractivity contribution in [1.29, 1.82) is 0 Å². The second-order valence-corrected chi connectivity index (χ2v) is 11.2. The summed E-state index contributed by atoms with van der Waals surface area (Å²) in [7, 11) is 3.73. The number of anilines is 9. The van der Waals surface area contributed by atoms with Gasteiger partial charge in [0.2, 0.25) is 17.8 Å². The van der Waals surface area contributed by atoms with E-state index < -0.39 is 6.10 Å². The maximum absolute atomic E-state index is 9.56. The maximum Gasteiger partial charge on any atom is 0.233 e. The first-order valence-corrected chi connectivity index (χ1v) is 16.2. The van der Waals surface area contributed by atoms with E-state index in [1.807, 2.05) is 89.5 Å². The lowest BCUT2D eigenvalue weighted by Crippen LogP contribution is -2.18. The van der Waals surface area contributed by atoms with Crippen LogP contribution in [-0.2, 0) is 0 Å². The van der Waals surface area contributed by atoms with Crippen LogP contribution in [-0.4, -0.2) is 79.5 Å². The first-order chi connectivity index (χ1) is 24.3. The normalized spacial score (nSPS) is 11.1. The minimum absolute atomic E-state index is 0.327. The number of nitrogens with two attached hydrogens (primary N) is 3. The summed E-state index contributed by atoms with van der Waals surface area (Å²) in [5, 5.41) is 33.4. The molecule has 2 unspecified atom stereocenters. The Morgan fingerprint density at radius 3 is 1.27 bits per heavy atom. The van der Waals surface area contributed by atoms with Crippen molar-refractivity contribution in [3.05, 3.63) is 90.3 Å². The van der Waals surface area contributed by atoms with E-state index in [0.717, 1.165) is 40.2 Å². The van der Waals surface area contributed by atoms with Crippen molar-refractivity contribution in [1.82, 2.24) is 29.9 Å². The van der Waals surface area contributed by atoms with Crippen LogP contribution in [0.15, 0.2) is 72.8 Å². The number of aryl methyl sites for hydroxylation is 3. The highest BCUT2D eigenvalue weighted by molar-refractivity contribution is 5.64. The van der Waals surface area contributed by atoms with Crippen LogP contribution in [0.1, 0.15) is 31.3 Å². The van der Waals surface area contributed by atoms with Crippen molar-refractivity contribution in [2.24, 2.45) is 5.73 Å². The molecule has 0 aliphatic rings. The first-order valence-electron chi connectivity index (χ1n) is 16.2. The Kier molecular flexibility index (Phi) is 17.8. The first kappa shape index (κ1) is 41.3. The van der Waals surface area contributed by atoms with Gasteiger partial charge in [0.25, 0.3) is 0 Å². The Morgan fingerprint density at radius 1 is 0.569 bits per heavy atom. The summed E-state index contributed by atoms with van der Waals surface area (Å²) >= 11 is 0. The number of nitrogen functional groups attached to an aromatic ring is 2. The van der Waals surface area contributed by atoms with Gasteiger partial charge in [-0.05, 0) is 89.2 Å². The Bertz CT molecular complexity index is 1620. The summed E-state index contributed by atoms with van der Waals surface area (Å²) in [6, 6.07) is 22.7. The molecule has 0 spiro atoms. The molecule has 2 aromatic heterocycles. The van der Waals surface area contributed by atoms with Crippen LogP contribution in [0.5, 0.6) is 0 Å². The van der Waals surface area contributed by atoms with Crippen molar-refractivity contribution in [2.45, 2.75) is 46.8 Å². The summed E-state index contributed by atoms with van der Waals surface area (Å²) in [4.78, 5) is 25.3. The summed E-state index contributed by atoms with van der Waals surface area (Å²) in [5.41, 5.74) is 20.7. The lowest BCUT2D eigenvalue weighted by molar-refractivity contribution is 0.203. The Morgan fingerprint density at radius 2 is 0.941 bits per heavy atom. The lowest BCUT2D eigenvalue weighted by atomic mass is 10.3. The van der Waals surface area contributed by atoms with Crippen molar-refractivity contribution >= 4 is 52.0 Å². The molecule has 274 valence electrons. The molecule has 0 aliphatic heterocycles. The van der Waals surface area contributed by atoms with Crippen LogP contribution in [0.2, 0.25) is 0 Å². The monoisotopic (exact) mass is 700 g/mol. The summed E-state index contributed by atoms with van der Waals surface area (Å²) in [6.45, 7) is 9.62. The number of aromatic nitrogens is 6. The summed E-state index contributed by atoms with van der Waals surface area (Å²) < 4.78 is 0. The average Bonchev–Trinajstić information content (AvgIpc) is 3.07. The molecule has 2 atom stereocenters. The molecule has 0 aliphatic carbocycles. The molecule has 13 N–H and O–H groups in total. The highest BCUT2D eigenvalue weighted by atomic mass is 16.3. The van der Waals surface area contributed by atoms with E-state index in [9.17, 15) is 5.11 Å². The molecule has 16 nitrogen and oxygen atoms in total. The van der Waals surface area contributed by atoms with Crippen molar-refractivity contribution in [3.63, 3.8) is 0 Å². The highest BCUT2D eigenvalue weighted by Crippen LogP contribution is 2.22. The van der Waals surface area contributed by atoms with Crippen LogP contribution >= 0.6 is 0 Å². The van der Waals surface area contributed by atoms with Crippen LogP contribution in [0.25, 0.3) is 0 Å². The smallest absolute Gasteiger partial charge is 0.233 e. The third kappa shape index (κ3) is 17.4. The molecule has 51 heavy (non-hydrogen) atoms. The molecule has 0 saturated heterocycles. The fourth-order valence-electron chi connectivity index (χ4n) is 3.91. The quantitative estimate of drug-likeness (QED) is 0.0915. The topological polar surface area (TPSA) is 256 Å². The minimum atomic E-state index is -0.529. The number of aliphatic hydroxyl groups excluding tert-OH is 2. The van der Waals surface area contributed by atoms with Gasteiger partial charge in [0.05, 0.1) is 12.2 Å². The molecule has 5 rings (SSSR count). The van der Waals surface area contributed by atoms with Gasteiger partial charge in [0.1, 0.15) is 17.5 Å². The second kappa shape index (κ2) is 22.0. The van der Waals surface area contributed by atoms with E-state index in [1.54, 1.807) is 32.0 Å². The number of benzene rings is 3. The maximum atomic E-state index is 9.56. The molecule has 2 heterocycles.